The lowest BCUT2D eigenvalue weighted by Gasteiger charge is -2.32. The van der Waals surface area contributed by atoms with E-state index < -0.39 is 5.41 Å². The third-order valence-electron chi connectivity index (χ3n) is 14.5. The Bertz CT molecular complexity index is 3930. The molecule has 0 N–H and O–H groups in total. The Morgan fingerprint density at radius 1 is 0.269 bits per heavy atom. The summed E-state index contributed by atoms with van der Waals surface area (Å²) in [5.41, 5.74) is 19.4. The van der Waals surface area contributed by atoms with Crippen LogP contribution in [0.3, 0.4) is 0 Å². The van der Waals surface area contributed by atoms with E-state index in [1.54, 1.807) is 0 Å². The SMILES string of the molecule is c1ccc(-c2nc(-c3cccc(-c4cccc(-c5c6ccccc6cc6c5ccc5ccccc56)c4)c3)cc(-c3cccc4c3C3(c5ccccc5-c5ccccc53)c3ccccc3-4)n2)cc1. The zero-order valence-electron chi connectivity index (χ0n) is 36.5. The van der Waals surface area contributed by atoms with Crippen LogP contribution in [0.1, 0.15) is 22.3 Å². The van der Waals surface area contributed by atoms with Crippen LogP contribution in [-0.2, 0) is 5.41 Å². The average Bonchev–Trinajstić information content (AvgIpc) is 3.88. The van der Waals surface area contributed by atoms with Crippen LogP contribution in [0.2, 0.25) is 0 Å². The van der Waals surface area contributed by atoms with Gasteiger partial charge in [-0.2, -0.15) is 0 Å². The first-order chi connectivity index (χ1) is 33.2. The molecule has 2 aliphatic rings. The Kier molecular flexibility index (Phi) is 8.23. The molecule has 1 spiro atoms. The average molecular weight is 849 g/mol. The summed E-state index contributed by atoms with van der Waals surface area (Å²) >= 11 is 0. The number of nitrogens with zero attached hydrogens (tertiary/aromatic N) is 2. The summed E-state index contributed by atoms with van der Waals surface area (Å²) in [6, 6.07) is 88.7. The number of benzene rings is 11. The number of hydrogen-bond acceptors (Lipinski definition) is 2. The van der Waals surface area contributed by atoms with E-state index in [4.69, 9.17) is 9.97 Å². The highest BCUT2D eigenvalue weighted by atomic mass is 14.9. The second-order valence-electron chi connectivity index (χ2n) is 18.0. The highest BCUT2D eigenvalue weighted by Crippen LogP contribution is 2.64. The van der Waals surface area contributed by atoms with Gasteiger partial charge in [0.05, 0.1) is 16.8 Å². The van der Waals surface area contributed by atoms with E-state index in [0.717, 1.165) is 39.2 Å². The zero-order chi connectivity index (χ0) is 44.1. The van der Waals surface area contributed by atoms with Gasteiger partial charge in [0, 0.05) is 16.7 Å². The minimum Gasteiger partial charge on any atom is -0.228 e. The van der Waals surface area contributed by atoms with Gasteiger partial charge in [0.1, 0.15) is 0 Å². The smallest absolute Gasteiger partial charge is 0.160 e. The first-order valence-electron chi connectivity index (χ1n) is 23.1. The van der Waals surface area contributed by atoms with Gasteiger partial charge in [-0.1, -0.05) is 218 Å². The molecule has 67 heavy (non-hydrogen) atoms. The van der Waals surface area contributed by atoms with E-state index in [2.05, 4.69) is 243 Å². The molecule has 0 bridgehead atoms. The molecule has 0 saturated heterocycles. The summed E-state index contributed by atoms with van der Waals surface area (Å²) < 4.78 is 0. The topological polar surface area (TPSA) is 25.8 Å². The first kappa shape index (κ1) is 37.6. The largest absolute Gasteiger partial charge is 0.228 e. The van der Waals surface area contributed by atoms with Crippen LogP contribution in [0.4, 0.5) is 0 Å². The Morgan fingerprint density at radius 3 is 1.51 bits per heavy atom. The summed E-state index contributed by atoms with van der Waals surface area (Å²) in [6.07, 6.45) is 0. The van der Waals surface area contributed by atoms with Gasteiger partial charge in [-0.15, -0.1) is 0 Å². The third-order valence-corrected chi connectivity index (χ3v) is 14.5. The number of rotatable bonds is 5. The molecule has 2 heteroatoms. The van der Waals surface area contributed by atoms with Crippen molar-refractivity contribution in [3.05, 3.63) is 265 Å². The fraction of sp³-hybridized carbons (Fsp3) is 0.0154. The normalized spacial score (nSPS) is 12.9. The Labute approximate surface area is 389 Å². The molecule has 2 nitrogen and oxygen atoms in total. The van der Waals surface area contributed by atoms with Crippen molar-refractivity contribution in [2.24, 2.45) is 0 Å². The van der Waals surface area contributed by atoms with Gasteiger partial charge < -0.3 is 0 Å². The van der Waals surface area contributed by atoms with Crippen molar-refractivity contribution in [1.82, 2.24) is 9.97 Å². The van der Waals surface area contributed by atoms with Gasteiger partial charge in [-0.05, 0) is 123 Å². The maximum atomic E-state index is 5.49. The van der Waals surface area contributed by atoms with E-state index in [-0.39, 0.29) is 0 Å². The molecular weight excluding hydrogens is 809 g/mol. The van der Waals surface area contributed by atoms with E-state index in [1.165, 1.54) is 88.0 Å². The molecule has 2 aliphatic carbocycles. The molecule has 1 heterocycles. The molecule has 12 aromatic rings. The summed E-state index contributed by atoms with van der Waals surface area (Å²) in [4.78, 5) is 10.9. The molecule has 0 unspecified atom stereocenters. The van der Waals surface area contributed by atoms with Crippen LogP contribution in [0.15, 0.2) is 243 Å². The van der Waals surface area contributed by atoms with Crippen LogP contribution in [0.25, 0.3) is 111 Å². The minimum absolute atomic E-state index is 0.513. The molecule has 0 atom stereocenters. The Balaban J connectivity index is 0.955. The quantitative estimate of drug-likeness (QED) is 0.127. The molecule has 1 aromatic heterocycles. The molecule has 0 aliphatic heterocycles. The van der Waals surface area contributed by atoms with Gasteiger partial charge in [0.15, 0.2) is 5.82 Å². The maximum absolute atomic E-state index is 5.49. The molecule has 310 valence electrons. The maximum Gasteiger partial charge on any atom is 0.160 e. The predicted octanol–water partition coefficient (Wildman–Crippen LogP) is 16.6. The van der Waals surface area contributed by atoms with Crippen molar-refractivity contribution in [1.29, 1.82) is 0 Å². The van der Waals surface area contributed by atoms with Crippen molar-refractivity contribution >= 4 is 32.3 Å². The number of fused-ring (bicyclic) bond motifs is 14. The molecule has 14 rings (SSSR count). The molecular formula is C65H40N2. The summed E-state index contributed by atoms with van der Waals surface area (Å²) in [7, 11) is 0. The van der Waals surface area contributed by atoms with Crippen molar-refractivity contribution in [3.8, 4) is 78.4 Å². The second kappa shape index (κ2) is 14.7. The van der Waals surface area contributed by atoms with E-state index in [1.807, 2.05) is 0 Å². The molecule has 0 radical (unpaired) electrons. The number of aromatic nitrogens is 2. The van der Waals surface area contributed by atoms with Crippen LogP contribution in [-0.4, -0.2) is 9.97 Å². The van der Waals surface area contributed by atoms with Crippen molar-refractivity contribution < 1.29 is 0 Å². The summed E-state index contributed by atoms with van der Waals surface area (Å²) in [5, 5.41) is 7.54. The standard InChI is InChI=1S/C65H40N2/c1-2-18-42(19-3-1)64-66-60(40-61(67-64)55-31-16-30-54-52-29-10-13-34-59(52)65(63(54)55)57-32-11-8-27-50(57)51-28-9-12-33-58(51)65)46-23-14-21-43(37-46)44-22-15-24-47(38-44)62-49-26-7-5-20-45(49)39-56-48-25-6-4-17-41(48)35-36-53(56)62/h1-40H. The molecule has 0 saturated carbocycles. The van der Waals surface area contributed by atoms with E-state index >= 15 is 0 Å². The monoisotopic (exact) mass is 848 g/mol. The van der Waals surface area contributed by atoms with Gasteiger partial charge in [0.2, 0.25) is 0 Å². The molecule has 0 amide bonds. The highest BCUT2D eigenvalue weighted by molar-refractivity contribution is 6.20. The third kappa shape index (κ3) is 5.57. The Morgan fingerprint density at radius 2 is 0.776 bits per heavy atom. The number of hydrogen-bond donors (Lipinski definition) is 0. The Hall–Kier alpha value is -8.72. The van der Waals surface area contributed by atoms with Gasteiger partial charge >= 0.3 is 0 Å². The van der Waals surface area contributed by atoms with Gasteiger partial charge in [-0.3, -0.25) is 0 Å². The van der Waals surface area contributed by atoms with Crippen molar-refractivity contribution in [3.63, 3.8) is 0 Å². The lowest BCUT2D eigenvalue weighted by atomic mass is 9.69. The van der Waals surface area contributed by atoms with Crippen molar-refractivity contribution in [2.75, 3.05) is 0 Å². The highest BCUT2D eigenvalue weighted by Gasteiger charge is 2.52. The van der Waals surface area contributed by atoms with Crippen LogP contribution in [0, 0.1) is 0 Å². The minimum atomic E-state index is -0.513. The van der Waals surface area contributed by atoms with E-state index in [0.29, 0.717) is 5.82 Å². The first-order valence-corrected chi connectivity index (χ1v) is 23.1. The molecule has 0 fully saturated rings. The predicted molar refractivity (Wildman–Crippen MR) is 278 cm³/mol. The van der Waals surface area contributed by atoms with Gasteiger partial charge in [0.25, 0.3) is 0 Å². The van der Waals surface area contributed by atoms with Crippen molar-refractivity contribution in [2.45, 2.75) is 5.41 Å². The fourth-order valence-corrected chi connectivity index (χ4v) is 11.7. The van der Waals surface area contributed by atoms with Gasteiger partial charge in [-0.25, -0.2) is 9.97 Å². The fourth-order valence-electron chi connectivity index (χ4n) is 11.7. The van der Waals surface area contributed by atoms with Crippen LogP contribution < -0.4 is 0 Å². The van der Waals surface area contributed by atoms with Crippen LogP contribution >= 0.6 is 0 Å². The lowest BCUT2D eigenvalue weighted by molar-refractivity contribution is 0.795. The summed E-state index contributed by atoms with van der Waals surface area (Å²) in [6.45, 7) is 0. The summed E-state index contributed by atoms with van der Waals surface area (Å²) in [5.74, 6) is 0.699. The van der Waals surface area contributed by atoms with E-state index in [9.17, 15) is 0 Å². The molecule has 11 aromatic carbocycles. The van der Waals surface area contributed by atoms with Crippen LogP contribution in [0.5, 0.6) is 0 Å². The lowest BCUT2D eigenvalue weighted by Crippen LogP contribution is -2.26. The second-order valence-corrected chi connectivity index (χ2v) is 18.0. The zero-order valence-corrected chi connectivity index (χ0v) is 36.5.